The lowest BCUT2D eigenvalue weighted by atomic mass is 10.0. The Morgan fingerprint density at radius 3 is 2.48 bits per heavy atom. The molecular weight excluding hydrogens is 314 g/mol. The predicted molar refractivity (Wildman–Crippen MR) is 101 cm³/mol. The summed E-state index contributed by atoms with van der Waals surface area (Å²) in [5.41, 5.74) is 2.95. The first-order valence-corrected chi connectivity index (χ1v) is 9.54. The third-order valence-corrected chi connectivity index (χ3v) is 5.28. The second kappa shape index (κ2) is 7.85. The highest BCUT2D eigenvalue weighted by atomic mass is 16.4. The minimum absolute atomic E-state index is 0.114. The Balaban J connectivity index is 1.91. The summed E-state index contributed by atoms with van der Waals surface area (Å²) < 4.78 is 1.98. The quantitative estimate of drug-likeness (QED) is 0.717. The van der Waals surface area contributed by atoms with Gasteiger partial charge in [-0.1, -0.05) is 39.0 Å². The minimum atomic E-state index is -1.14. The van der Waals surface area contributed by atoms with E-state index in [-0.39, 0.29) is 11.0 Å². The summed E-state index contributed by atoms with van der Waals surface area (Å²) in [4.78, 5) is 24.1. The first-order chi connectivity index (χ1) is 12.1. The smallest absolute Gasteiger partial charge is 0.341 e. The average Bonchev–Trinajstić information content (AvgIpc) is 3.05. The molecule has 0 fully saturated rings. The van der Waals surface area contributed by atoms with Gasteiger partial charge in [-0.2, -0.15) is 0 Å². The third-order valence-electron chi connectivity index (χ3n) is 5.28. The minimum Gasteiger partial charge on any atom is -0.477 e. The van der Waals surface area contributed by atoms with Crippen LogP contribution < -0.4 is 5.43 Å². The molecule has 0 saturated heterocycles. The van der Waals surface area contributed by atoms with Crippen molar-refractivity contribution >= 4 is 16.9 Å². The molecule has 2 aromatic rings. The van der Waals surface area contributed by atoms with Crippen LogP contribution in [-0.2, 0) is 19.4 Å². The average molecular weight is 341 g/mol. The number of nitrogens with zero attached hydrogens (tertiary/aromatic N) is 1. The number of aromatic carboxylic acids is 1. The molecule has 0 spiro atoms. The normalized spacial score (nSPS) is 13.3. The maximum atomic E-state index is 12.6. The summed E-state index contributed by atoms with van der Waals surface area (Å²) in [6.45, 7) is 2.97. The standard InChI is InChI=1S/C21H27NO3/c1-2-3-4-5-6-7-11-22-14-18(21(24)25)20(23)17-12-15-9-8-10-16(15)13-19(17)22/h12-14H,2-11H2,1H3,(H,24,25). The molecule has 134 valence electrons. The highest BCUT2D eigenvalue weighted by molar-refractivity contribution is 5.93. The summed E-state index contributed by atoms with van der Waals surface area (Å²) in [5.74, 6) is -1.14. The van der Waals surface area contributed by atoms with Crippen LogP contribution in [0.1, 0.15) is 73.4 Å². The zero-order valence-corrected chi connectivity index (χ0v) is 15.0. The molecule has 0 atom stereocenters. The van der Waals surface area contributed by atoms with Gasteiger partial charge >= 0.3 is 5.97 Å². The zero-order valence-electron chi connectivity index (χ0n) is 15.0. The summed E-state index contributed by atoms with van der Waals surface area (Å²) in [7, 11) is 0. The molecule has 3 rings (SSSR count). The van der Waals surface area contributed by atoms with Gasteiger partial charge in [0.05, 0.1) is 5.52 Å². The van der Waals surface area contributed by atoms with Gasteiger partial charge in [0.2, 0.25) is 5.43 Å². The number of fused-ring (bicyclic) bond motifs is 2. The Hall–Kier alpha value is -2.10. The molecule has 1 aliphatic rings. The molecular formula is C21H27NO3. The van der Waals surface area contributed by atoms with E-state index in [0.717, 1.165) is 44.2 Å². The van der Waals surface area contributed by atoms with E-state index < -0.39 is 5.97 Å². The lowest BCUT2D eigenvalue weighted by Crippen LogP contribution is -2.19. The Morgan fingerprint density at radius 1 is 1.08 bits per heavy atom. The Morgan fingerprint density at radius 2 is 1.76 bits per heavy atom. The zero-order chi connectivity index (χ0) is 17.8. The van der Waals surface area contributed by atoms with Crippen LogP contribution in [0.25, 0.3) is 10.9 Å². The van der Waals surface area contributed by atoms with E-state index in [4.69, 9.17) is 0 Å². The highest BCUT2D eigenvalue weighted by Gasteiger charge is 2.18. The largest absolute Gasteiger partial charge is 0.477 e. The Labute approximate surface area is 148 Å². The van der Waals surface area contributed by atoms with Crippen molar-refractivity contribution in [3.8, 4) is 0 Å². The second-order valence-corrected chi connectivity index (χ2v) is 7.13. The molecule has 0 amide bonds. The summed E-state index contributed by atoms with van der Waals surface area (Å²) in [6.07, 6.45) is 11.8. The van der Waals surface area contributed by atoms with Crippen LogP contribution in [0.5, 0.6) is 0 Å². The molecule has 1 heterocycles. The maximum absolute atomic E-state index is 12.6. The lowest BCUT2D eigenvalue weighted by Gasteiger charge is -2.14. The molecule has 4 heteroatoms. The second-order valence-electron chi connectivity index (χ2n) is 7.13. The van der Waals surface area contributed by atoms with Crippen LogP contribution in [-0.4, -0.2) is 15.6 Å². The number of unbranched alkanes of at least 4 members (excludes halogenated alkanes) is 5. The number of aromatic nitrogens is 1. The molecule has 0 radical (unpaired) electrons. The van der Waals surface area contributed by atoms with Gasteiger partial charge < -0.3 is 9.67 Å². The van der Waals surface area contributed by atoms with Gasteiger partial charge in [-0.25, -0.2) is 4.79 Å². The number of carbonyl (C=O) groups is 1. The molecule has 0 unspecified atom stereocenters. The summed E-state index contributed by atoms with van der Waals surface area (Å²) >= 11 is 0. The van der Waals surface area contributed by atoms with Gasteiger partial charge in [-0.3, -0.25) is 4.79 Å². The monoisotopic (exact) mass is 341 g/mol. The number of pyridine rings is 1. The number of aryl methyl sites for hydroxylation is 3. The summed E-state index contributed by atoms with van der Waals surface area (Å²) in [6, 6.07) is 4.05. The van der Waals surface area contributed by atoms with Crippen LogP contribution >= 0.6 is 0 Å². The molecule has 0 bridgehead atoms. The first kappa shape index (κ1) is 17.7. The molecule has 1 aromatic carbocycles. The van der Waals surface area contributed by atoms with Crippen LogP contribution in [0.15, 0.2) is 23.1 Å². The first-order valence-electron chi connectivity index (χ1n) is 9.54. The fourth-order valence-electron chi connectivity index (χ4n) is 3.86. The number of carboxylic acid groups (broad SMARTS) is 1. The van der Waals surface area contributed by atoms with E-state index >= 15 is 0 Å². The van der Waals surface area contributed by atoms with Crippen molar-refractivity contribution in [2.24, 2.45) is 0 Å². The highest BCUT2D eigenvalue weighted by Crippen LogP contribution is 2.26. The van der Waals surface area contributed by atoms with E-state index in [9.17, 15) is 14.7 Å². The van der Waals surface area contributed by atoms with Gasteiger partial charge in [0.25, 0.3) is 0 Å². The van der Waals surface area contributed by atoms with Crippen molar-refractivity contribution in [3.63, 3.8) is 0 Å². The van der Waals surface area contributed by atoms with Crippen LogP contribution in [0.3, 0.4) is 0 Å². The summed E-state index contributed by atoms with van der Waals surface area (Å²) in [5, 5.41) is 9.96. The number of carboxylic acids is 1. The van der Waals surface area contributed by atoms with E-state index in [0.29, 0.717) is 5.39 Å². The van der Waals surface area contributed by atoms with Crippen molar-refractivity contribution in [2.45, 2.75) is 71.3 Å². The fraction of sp³-hybridized carbons (Fsp3) is 0.524. The number of hydrogen-bond donors (Lipinski definition) is 1. The molecule has 25 heavy (non-hydrogen) atoms. The van der Waals surface area contributed by atoms with E-state index in [2.05, 4.69) is 13.0 Å². The topological polar surface area (TPSA) is 59.3 Å². The molecule has 4 nitrogen and oxygen atoms in total. The Bertz CT molecular complexity index is 835. The van der Waals surface area contributed by atoms with Crippen molar-refractivity contribution in [1.29, 1.82) is 0 Å². The van der Waals surface area contributed by atoms with Crippen LogP contribution in [0, 0.1) is 0 Å². The number of rotatable bonds is 8. The van der Waals surface area contributed by atoms with Crippen LogP contribution in [0.4, 0.5) is 0 Å². The molecule has 1 aromatic heterocycles. The van der Waals surface area contributed by atoms with Crippen molar-refractivity contribution < 1.29 is 9.90 Å². The van der Waals surface area contributed by atoms with Gasteiger partial charge in [0.15, 0.2) is 0 Å². The van der Waals surface area contributed by atoms with Gasteiger partial charge in [0, 0.05) is 18.1 Å². The van der Waals surface area contributed by atoms with E-state index in [1.54, 1.807) is 6.20 Å². The Kier molecular flexibility index (Phi) is 5.57. The van der Waals surface area contributed by atoms with Crippen molar-refractivity contribution in [1.82, 2.24) is 4.57 Å². The van der Waals surface area contributed by atoms with Crippen LogP contribution in [0.2, 0.25) is 0 Å². The van der Waals surface area contributed by atoms with Crippen molar-refractivity contribution in [3.05, 3.63) is 45.2 Å². The SMILES string of the molecule is CCCCCCCCn1cc(C(=O)O)c(=O)c2cc3c(cc21)CCC3. The van der Waals surface area contributed by atoms with E-state index in [1.165, 1.54) is 36.8 Å². The lowest BCUT2D eigenvalue weighted by molar-refractivity contribution is 0.0695. The molecule has 0 aliphatic heterocycles. The number of benzene rings is 1. The van der Waals surface area contributed by atoms with Crippen molar-refractivity contribution in [2.75, 3.05) is 0 Å². The molecule has 1 N–H and O–H groups in total. The maximum Gasteiger partial charge on any atom is 0.341 e. The van der Waals surface area contributed by atoms with Gasteiger partial charge in [0.1, 0.15) is 5.56 Å². The molecule has 1 aliphatic carbocycles. The molecule has 0 saturated carbocycles. The van der Waals surface area contributed by atoms with Gasteiger partial charge in [-0.15, -0.1) is 0 Å². The van der Waals surface area contributed by atoms with E-state index in [1.807, 2.05) is 10.6 Å². The third kappa shape index (κ3) is 3.78. The van der Waals surface area contributed by atoms with Gasteiger partial charge in [-0.05, 0) is 48.9 Å². The fourth-order valence-corrected chi connectivity index (χ4v) is 3.86. The number of hydrogen-bond acceptors (Lipinski definition) is 2. The predicted octanol–water partition coefficient (Wildman–Crippen LogP) is 4.55.